The van der Waals surface area contributed by atoms with Crippen LogP contribution in [0.1, 0.15) is 69.2 Å². The van der Waals surface area contributed by atoms with E-state index in [1.807, 2.05) is 33.0 Å². The minimum absolute atomic E-state index is 0.0454. The van der Waals surface area contributed by atoms with Crippen molar-refractivity contribution < 1.29 is 22.7 Å². The maximum absolute atomic E-state index is 13.2. The molecule has 0 bridgehead atoms. The molecule has 0 spiro atoms. The highest BCUT2D eigenvalue weighted by Crippen LogP contribution is 2.34. The number of likely N-dealkylation sites (tertiary alicyclic amines) is 1. The Bertz CT molecular complexity index is 1240. The summed E-state index contributed by atoms with van der Waals surface area (Å²) in [6.45, 7) is 8.48. The lowest BCUT2D eigenvalue weighted by atomic mass is 9.91. The summed E-state index contributed by atoms with van der Waals surface area (Å²) in [6, 6.07) is 5.04. The Morgan fingerprint density at radius 3 is 2.50 bits per heavy atom. The summed E-state index contributed by atoms with van der Waals surface area (Å²) < 4.78 is 46.9. The molecule has 36 heavy (non-hydrogen) atoms. The van der Waals surface area contributed by atoms with E-state index in [0.29, 0.717) is 30.0 Å². The highest BCUT2D eigenvalue weighted by Gasteiger charge is 2.32. The molecule has 2 aromatic heterocycles. The van der Waals surface area contributed by atoms with Crippen LogP contribution in [-0.4, -0.2) is 44.3 Å². The van der Waals surface area contributed by atoms with Crippen LogP contribution in [0.25, 0.3) is 5.52 Å². The highest BCUT2D eigenvalue weighted by molar-refractivity contribution is 5.70. The van der Waals surface area contributed by atoms with Crippen LogP contribution in [-0.2, 0) is 10.9 Å². The van der Waals surface area contributed by atoms with Crippen molar-refractivity contribution >= 4 is 23.1 Å². The van der Waals surface area contributed by atoms with Gasteiger partial charge in [0.15, 0.2) is 5.82 Å². The van der Waals surface area contributed by atoms with Gasteiger partial charge in [0.1, 0.15) is 17.4 Å². The molecule has 1 aliphatic rings. The molecule has 1 aliphatic heterocycles. The number of carbonyl (C=O) groups excluding carboxylic acids is 1. The molecule has 0 radical (unpaired) electrons. The first kappa shape index (κ1) is 25.6. The van der Waals surface area contributed by atoms with E-state index in [4.69, 9.17) is 10.5 Å². The quantitative estimate of drug-likeness (QED) is 0.448. The van der Waals surface area contributed by atoms with Crippen LogP contribution in [0.15, 0.2) is 36.8 Å². The van der Waals surface area contributed by atoms with Gasteiger partial charge >= 0.3 is 12.3 Å². The number of hydrogen-bond donors (Lipinski definition) is 2. The summed E-state index contributed by atoms with van der Waals surface area (Å²) in [7, 11) is 0. The average molecular weight is 505 g/mol. The first-order chi connectivity index (χ1) is 16.8. The number of amides is 1. The van der Waals surface area contributed by atoms with Crippen molar-refractivity contribution in [1.29, 1.82) is 0 Å². The third kappa shape index (κ3) is 5.83. The zero-order valence-electron chi connectivity index (χ0n) is 20.8. The van der Waals surface area contributed by atoms with Crippen molar-refractivity contribution in [2.75, 3.05) is 24.1 Å². The number of halogens is 3. The summed E-state index contributed by atoms with van der Waals surface area (Å²) in [5.41, 5.74) is 6.64. The molecular weight excluding hydrogens is 473 g/mol. The lowest BCUT2D eigenvalue weighted by Crippen LogP contribution is -2.41. The van der Waals surface area contributed by atoms with Crippen LogP contribution in [0.2, 0.25) is 0 Å². The number of nitrogens with one attached hydrogen (secondary N) is 1. The summed E-state index contributed by atoms with van der Waals surface area (Å²) in [4.78, 5) is 18.4. The Balaban J connectivity index is 1.49. The van der Waals surface area contributed by atoms with Crippen molar-refractivity contribution in [2.45, 2.75) is 64.3 Å². The summed E-state index contributed by atoms with van der Waals surface area (Å²) in [6.07, 6.45) is 0.116. The minimum atomic E-state index is -4.48. The molecule has 3 heterocycles. The van der Waals surface area contributed by atoms with Gasteiger partial charge in [-0.25, -0.2) is 14.3 Å². The van der Waals surface area contributed by atoms with E-state index >= 15 is 0 Å². The number of nitrogens with two attached hydrogens (primary N) is 1. The second-order valence-electron chi connectivity index (χ2n) is 10.2. The van der Waals surface area contributed by atoms with Crippen LogP contribution in [0.4, 0.5) is 29.5 Å². The SMILES string of the molecule is C[C@@H](Nc1ncnn2cc(C3CCN(C(=O)OC(C)(C)C)CC3)cc12)c1cc(N)cc(C(F)(F)F)c1. The zero-order valence-corrected chi connectivity index (χ0v) is 20.8. The van der Waals surface area contributed by atoms with Gasteiger partial charge in [0.25, 0.3) is 0 Å². The van der Waals surface area contributed by atoms with Crippen molar-refractivity contribution in [3.63, 3.8) is 0 Å². The van der Waals surface area contributed by atoms with Crippen LogP contribution in [0.5, 0.6) is 0 Å². The number of anilines is 2. The molecule has 1 aromatic carbocycles. The van der Waals surface area contributed by atoms with Gasteiger partial charge < -0.3 is 20.7 Å². The molecular formula is C25H31F3N6O2. The van der Waals surface area contributed by atoms with Gasteiger partial charge in [0.2, 0.25) is 0 Å². The molecule has 3 N–H and O–H groups in total. The zero-order chi connectivity index (χ0) is 26.3. The molecule has 0 aliphatic carbocycles. The van der Waals surface area contributed by atoms with Crippen LogP contribution in [0, 0.1) is 0 Å². The first-order valence-electron chi connectivity index (χ1n) is 11.9. The van der Waals surface area contributed by atoms with Gasteiger partial charge in [-0.2, -0.15) is 18.3 Å². The number of hydrogen-bond acceptors (Lipinski definition) is 6. The van der Waals surface area contributed by atoms with Crippen LogP contribution < -0.4 is 11.1 Å². The first-order valence-corrected chi connectivity index (χ1v) is 11.9. The fraction of sp³-hybridized carbons (Fsp3) is 0.480. The number of aromatic nitrogens is 3. The molecule has 4 rings (SSSR count). The number of rotatable bonds is 4. The molecule has 11 heteroatoms. The Hall–Kier alpha value is -3.50. The highest BCUT2D eigenvalue weighted by atomic mass is 19.4. The summed E-state index contributed by atoms with van der Waals surface area (Å²) in [5, 5.41) is 7.50. The lowest BCUT2D eigenvalue weighted by molar-refractivity contribution is -0.137. The number of carbonyl (C=O) groups is 1. The minimum Gasteiger partial charge on any atom is -0.444 e. The molecule has 8 nitrogen and oxygen atoms in total. The average Bonchev–Trinajstić information content (AvgIpc) is 3.22. The number of fused-ring (bicyclic) bond motifs is 1. The second-order valence-corrected chi connectivity index (χ2v) is 10.2. The molecule has 0 saturated carbocycles. The molecule has 3 aromatic rings. The molecule has 1 atom stereocenters. The second kappa shape index (κ2) is 9.51. The number of nitrogen functional groups attached to an aromatic ring is 1. The summed E-state index contributed by atoms with van der Waals surface area (Å²) >= 11 is 0. The predicted octanol–water partition coefficient (Wildman–Crippen LogP) is 5.62. The van der Waals surface area contributed by atoms with Crippen molar-refractivity contribution in [1.82, 2.24) is 19.5 Å². The Morgan fingerprint density at radius 2 is 1.86 bits per heavy atom. The van der Waals surface area contributed by atoms with E-state index in [9.17, 15) is 18.0 Å². The standard InChI is InChI=1S/C25H31F3N6O2/c1-15(17-9-19(25(26,27)28)12-20(29)10-17)32-22-21-11-18(13-34(21)31-14-30-22)16-5-7-33(8-6-16)23(35)36-24(2,3)4/h9-16H,5-8,29H2,1-4H3,(H,30,31,32)/t15-/m1/s1. The van der Waals surface area contributed by atoms with Gasteiger partial charge in [-0.15, -0.1) is 0 Å². The van der Waals surface area contributed by atoms with E-state index in [0.717, 1.165) is 30.5 Å². The number of ether oxygens (including phenoxy) is 1. The third-order valence-corrected chi connectivity index (χ3v) is 6.20. The largest absolute Gasteiger partial charge is 0.444 e. The smallest absolute Gasteiger partial charge is 0.416 e. The Morgan fingerprint density at radius 1 is 1.17 bits per heavy atom. The Kier molecular flexibility index (Phi) is 6.76. The van der Waals surface area contributed by atoms with E-state index in [1.165, 1.54) is 12.4 Å². The van der Waals surface area contributed by atoms with E-state index in [-0.39, 0.29) is 17.7 Å². The number of benzene rings is 1. The number of nitrogens with zero attached hydrogens (tertiary/aromatic N) is 4. The predicted molar refractivity (Wildman–Crippen MR) is 131 cm³/mol. The molecule has 1 fully saturated rings. The topological polar surface area (TPSA) is 97.8 Å². The number of piperidine rings is 1. The van der Waals surface area contributed by atoms with Gasteiger partial charge in [0.05, 0.1) is 11.6 Å². The summed E-state index contributed by atoms with van der Waals surface area (Å²) in [5.74, 6) is 0.741. The normalized spacial score (nSPS) is 16.2. The van der Waals surface area contributed by atoms with E-state index < -0.39 is 23.4 Å². The maximum atomic E-state index is 13.2. The van der Waals surface area contributed by atoms with E-state index in [1.54, 1.807) is 16.3 Å². The van der Waals surface area contributed by atoms with Crippen molar-refractivity contribution in [3.8, 4) is 0 Å². The van der Waals surface area contributed by atoms with Gasteiger partial charge in [-0.05, 0) is 81.8 Å². The van der Waals surface area contributed by atoms with Crippen molar-refractivity contribution in [2.24, 2.45) is 0 Å². The molecule has 1 saturated heterocycles. The lowest BCUT2D eigenvalue weighted by Gasteiger charge is -2.33. The maximum Gasteiger partial charge on any atom is 0.416 e. The fourth-order valence-corrected chi connectivity index (χ4v) is 4.38. The van der Waals surface area contributed by atoms with Crippen LogP contribution >= 0.6 is 0 Å². The molecule has 1 amide bonds. The van der Waals surface area contributed by atoms with Gasteiger partial charge in [-0.3, -0.25) is 0 Å². The molecule has 194 valence electrons. The number of alkyl halides is 3. The van der Waals surface area contributed by atoms with Gasteiger partial charge in [-0.1, -0.05) is 0 Å². The van der Waals surface area contributed by atoms with Crippen LogP contribution in [0.3, 0.4) is 0 Å². The molecule has 0 unspecified atom stereocenters. The van der Waals surface area contributed by atoms with E-state index in [2.05, 4.69) is 15.4 Å². The van der Waals surface area contributed by atoms with Crippen molar-refractivity contribution in [3.05, 3.63) is 53.5 Å². The third-order valence-electron chi connectivity index (χ3n) is 6.20. The monoisotopic (exact) mass is 504 g/mol. The Labute approximate surface area is 207 Å². The fourth-order valence-electron chi connectivity index (χ4n) is 4.38. The van der Waals surface area contributed by atoms with Gasteiger partial charge in [0, 0.05) is 25.0 Å².